The highest BCUT2D eigenvalue weighted by Gasteiger charge is 2.26. The highest BCUT2D eigenvalue weighted by atomic mass is 16.5. The number of anilines is 1. The van der Waals surface area contributed by atoms with Gasteiger partial charge in [-0.1, -0.05) is 54.6 Å². The number of carbonyl (C=O) groups is 2. The fourth-order valence-corrected chi connectivity index (χ4v) is 5.13. The number of amides is 1. The number of methoxy groups -OCH3 is 1. The third-order valence-corrected chi connectivity index (χ3v) is 7.45. The summed E-state index contributed by atoms with van der Waals surface area (Å²) in [5, 5.41) is 16.0. The van der Waals surface area contributed by atoms with Crippen molar-refractivity contribution in [3.05, 3.63) is 89.6 Å². The molecule has 4 rings (SSSR count). The van der Waals surface area contributed by atoms with Gasteiger partial charge in [0.05, 0.1) is 0 Å². The van der Waals surface area contributed by atoms with Crippen LogP contribution in [0.5, 0.6) is 5.75 Å². The zero-order chi connectivity index (χ0) is 29.6. The fraction of sp³-hybridized carbons (Fsp3) is 0.424. The van der Waals surface area contributed by atoms with Crippen LogP contribution in [0.15, 0.2) is 72.8 Å². The van der Waals surface area contributed by atoms with Gasteiger partial charge in [0.1, 0.15) is 24.2 Å². The SMILES string of the molecule is CO[C@H](C(=O)N[C@@H](CCN(CCCCc1ccc2c(n1)NCCC2)CCOc1ccccc1)C(=O)O)c1ccccc1. The number of hydrogen-bond acceptors (Lipinski definition) is 7. The maximum absolute atomic E-state index is 13.0. The Morgan fingerprint density at radius 2 is 1.76 bits per heavy atom. The van der Waals surface area contributed by atoms with Gasteiger partial charge in [-0.25, -0.2) is 9.78 Å². The van der Waals surface area contributed by atoms with E-state index in [1.54, 1.807) is 12.1 Å². The number of rotatable bonds is 17. The lowest BCUT2D eigenvalue weighted by atomic mass is 10.1. The molecule has 1 aromatic heterocycles. The quantitative estimate of drug-likeness (QED) is 0.202. The van der Waals surface area contributed by atoms with E-state index in [1.807, 2.05) is 48.5 Å². The molecule has 0 bridgehead atoms. The molecule has 2 heterocycles. The number of benzene rings is 2. The lowest BCUT2D eigenvalue weighted by Crippen LogP contribution is -2.45. The smallest absolute Gasteiger partial charge is 0.326 e. The summed E-state index contributed by atoms with van der Waals surface area (Å²) in [7, 11) is 1.44. The lowest BCUT2D eigenvalue weighted by molar-refractivity contribution is -0.144. The lowest BCUT2D eigenvalue weighted by Gasteiger charge is -2.25. The third kappa shape index (κ3) is 9.56. The van der Waals surface area contributed by atoms with Crippen LogP contribution in [0.2, 0.25) is 0 Å². The van der Waals surface area contributed by atoms with E-state index in [0.29, 0.717) is 25.3 Å². The first-order valence-corrected chi connectivity index (χ1v) is 14.8. The van der Waals surface area contributed by atoms with E-state index in [9.17, 15) is 14.7 Å². The molecule has 3 N–H and O–H groups in total. The highest BCUT2D eigenvalue weighted by Crippen LogP contribution is 2.21. The molecule has 42 heavy (non-hydrogen) atoms. The van der Waals surface area contributed by atoms with Gasteiger partial charge in [-0.2, -0.15) is 0 Å². The number of aryl methyl sites for hydroxylation is 2. The number of pyridine rings is 1. The number of aliphatic carboxylic acids is 1. The van der Waals surface area contributed by atoms with Gasteiger partial charge in [-0.05, 0) is 74.4 Å². The molecule has 0 saturated carbocycles. The normalized spacial score (nSPS) is 14.0. The number of hydrogen-bond donors (Lipinski definition) is 3. The summed E-state index contributed by atoms with van der Waals surface area (Å²) in [6.45, 7) is 3.37. The molecule has 3 aromatic rings. The summed E-state index contributed by atoms with van der Waals surface area (Å²) in [4.78, 5) is 32.1. The minimum absolute atomic E-state index is 0.260. The van der Waals surface area contributed by atoms with Gasteiger partial charge >= 0.3 is 5.97 Å². The molecule has 1 aliphatic rings. The number of carboxylic acid groups (broad SMARTS) is 1. The van der Waals surface area contributed by atoms with Crippen molar-refractivity contribution in [1.82, 2.24) is 15.2 Å². The molecular formula is C33H42N4O5. The molecule has 2 atom stereocenters. The number of unbranched alkanes of at least 4 members (excludes halogenated alkanes) is 1. The largest absolute Gasteiger partial charge is 0.492 e. The second-order valence-corrected chi connectivity index (χ2v) is 10.5. The van der Waals surface area contributed by atoms with Crippen LogP contribution in [-0.2, 0) is 27.2 Å². The van der Waals surface area contributed by atoms with Gasteiger partial charge in [-0.15, -0.1) is 0 Å². The third-order valence-electron chi connectivity index (χ3n) is 7.45. The van der Waals surface area contributed by atoms with Crippen LogP contribution in [-0.4, -0.2) is 72.8 Å². The number of ether oxygens (including phenoxy) is 2. The van der Waals surface area contributed by atoms with Gasteiger partial charge < -0.3 is 25.2 Å². The van der Waals surface area contributed by atoms with Crippen LogP contribution in [0.3, 0.4) is 0 Å². The van der Waals surface area contributed by atoms with Gasteiger partial charge in [-0.3, -0.25) is 9.69 Å². The molecule has 0 radical (unpaired) electrons. The average Bonchev–Trinajstić information content (AvgIpc) is 3.02. The van der Waals surface area contributed by atoms with Crippen molar-refractivity contribution >= 4 is 17.7 Å². The van der Waals surface area contributed by atoms with Crippen molar-refractivity contribution in [2.45, 2.75) is 50.7 Å². The van der Waals surface area contributed by atoms with Crippen LogP contribution in [0.25, 0.3) is 0 Å². The van der Waals surface area contributed by atoms with E-state index in [1.165, 1.54) is 12.7 Å². The topological polar surface area (TPSA) is 113 Å². The zero-order valence-corrected chi connectivity index (χ0v) is 24.3. The molecule has 0 fully saturated rings. The van der Waals surface area contributed by atoms with Crippen LogP contribution in [0, 0.1) is 0 Å². The van der Waals surface area contributed by atoms with Crippen LogP contribution in [0.4, 0.5) is 5.82 Å². The monoisotopic (exact) mass is 574 g/mol. The van der Waals surface area contributed by atoms with E-state index in [2.05, 4.69) is 27.7 Å². The average molecular weight is 575 g/mol. The maximum atomic E-state index is 13.0. The van der Waals surface area contributed by atoms with Gasteiger partial charge in [0, 0.05) is 32.4 Å². The van der Waals surface area contributed by atoms with Gasteiger partial charge in [0.15, 0.2) is 6.10 Å². The van der Waals surface area contributed by atoms with Gasteiger partial charge in [0.25, 0.3) is 5.91 Å². The standard InChI is InChI=1S/C33H42N4O5/c1-41-30(25-11-4-2-5-12-25)32(38)36-29(33(39)40)19-22-37(23-24-42-28-15-6-3-7-16-28)21-9-8-14-27-18-17-26-13-10-20-34-31(26)35-27/h2-7,11-12,15-18,29-30H,8-10,13-14,19-24H2,1H3,(H,34,35)(H,36,38)(H,39,40)/t29-,30-/m0/s1. The fourth-order valence-electron chi connectivity index (χ4n) is 5.13. The predicted molar refractivity (Wildman–Crippen MR) is 163 cm³/mol. The van der Waals surface area contributed by atoms with Gasteiger partial charge in [0.2, 0.25) is 0 Å². The summed E-state index contributed by atoms with van der Waals surface area (Å²) in [6, 6.07) is 22.0. The van der Waals surface area contributed by atoms with Crippen molar-refractivity contribution in [2.24, 2.45) is 0 Å². The predicted octanol–water partition coefficient (Wildman–Crippen LogP) is 4.49. The zero-order valence-electron chi connectivity index (χ0n) is 24.3. The Hall–Kier alpha value is -3.95. The minimum Gasteiger partial charge on any atom is -0.492 e. The molecule has 9 heteroatoms. The van der Waals surface area contributed by atoms with E-state index in [-0.39, 0.29) is 6.42 Å². The summed E-state index contributed by atoms with van der Waals surface area (Å²) in [6.07, 6.45) is 4.38. The molecule has 0 aliphatic carbocycles. The van der Waals surface area contributed by atoms with Crippen molar-refractivity contribution < 1.29 is 24.2 Å². The summed E-state index contributed by atoms with van der Waals surface area (Å²) >= 11 is 0. The summed E-state index contributed by atoms with van der Waals surface area (Å²) in [5.41, 5.74) is 3.04. The number of fused-ring (bicyclic) bond motifs is 1. The molecule has 0 spiro atoms. The molecule has 1 amide bonds. The number of aromatic nitrogens is 1. The molecule has 0 unspecified atom stereocenters. The highest BCUT2D eigenvalue weighted by molar-refractivity contribution is 5.87. The molecule has 1 aliphatic heterocycles. The van der Waals surface area contributed by atoms with Crippen molar-refractivity contribution in [2.75, 3.05) is 45.2 Å². The Balaban J connectivity index is 1.31. The molecule has 2 aromatic carbocycles. The van der Waals surface area contributed by atoms with Crippen LogP contribution in [0.1, 0.15) is 48.6 Å². The van der Waals surface area contributed by atoms with E-state index < -0.39 is 24.0 Å². The Morgan fingerprint density at radius 1 is 1.00 bits per heavy atom. The summed E-state index contributed by atoms with van der Waals surface area (Å²) < 4.78 is 11.3. The number of nitrogens with zero attached hydrogens (tertiary/aromatic N) is 2. The Morgan fingerprint density at radius 3 is 2.50 bits per heavy atom. The second-order valence-electron chi connectivity index (χ2n) is 10.5. The molecule has 224 valence electrons. The number of carbonyl (C=O) groups excluding carboxylic acids is 1. The number of para-hydroxylation sites is 1. The Labute approximate surface area is 248 Å². The Kier molecular flexibility index (Phi) is 12.2. The molecule has 0 saturated heterocycles. The van der Waals surface area contributed by atoms with Crippen molar-refractivity contribution in [3.8, 4) is 5.75 Å². The van der Waals surface area contributed by atoms with E-state index >= 15 is 0 Å². The molecule has 9 nitrogen and oxygen atoms in total. The van der Waals surface area contributed by atoms with E-state index in [0.717, 1.165) is 62.5 Å². The van der Waals surface area contributed by atoms with E-state index in [4.69, 9.17) is 14.5 Å². The first kappa shape index (κ1) is 31.0. The molecular weight excluding hydrogens is 532 g/mol. The van der Waals surface area contributed by atoms with Crippen molar-refractivity contribution in [3.63, 3.8) is 0 Å². The van der Waals surface area contributed by atoms with Crippen LogP contribution < -0.4 is 15.4 Å². The summed E-state index contributed by atoms with van der Waals surface area (Å²) in [5.74, 6) is 0.274. The number of nitrogens with one attached hydrogen (secondary N) is 2. The first-order chi connectivity index (χ1) is 20.5. The Bertz CT molecular complexity index is 1260. The van der Waals surface area contributed by atoms with Crippen LogP contribution >= 0.6 is 0 Å². The number of carboxylic acids is 1. The second kappa shape index (κ2) is 16.5. The first-order valence-electron chi connectivity index (χ1n) is 14.8. The van der Waals surface area contributed by atoms with Crippen molar-refractivity contribution in [1.29, 1.82) is 0 Å². The maximum Gasteiger partial charge on any atom is 0.326 e. The minimum atomic E-state index is -1.07.